The minimum Gasteiger partial charge on any atom is -0.368 e. The number of ether oxygens (including phenoxy) is 1. The highest BCUT2D eigenvalue weighted by molar-refractivity contribution is 5.73. The maximum absolute atomic E-state index is 12.3. The van der Waals surface area contributed by atoms with Gasteiger partial charge in [-0.2, -0.15) is 4.98 Å². The summed E-state index contributed by atoms with van der Waals surface area (Å²) in [4.78, 5) is 22.6. The number of aromatic nitrogens is 4. The lowest BCUT2D eigenvalue weighted by Crippen LogP contribution is -2.38. The second-order valence-corrected chi connectivity index (χ2v) is 6.57. The molecular weight excluding hydrogens is 348 g/mol. The molecule has 3 aromatic heterocycles. The summed E-state index contributed by atoms with van der Waals surface area (Å²) in [5, 5.41) is 6.83. The lowest BCUT2D eigenvalue weighted by atomic mass is 10.2. The molecule has 4 rings (SSSR count). The van der Waals surface area contributed by atoms with E-state index in [1.54, 1.807) is 18.1 Å². The quantitative estimate of drug-likeness (QED) is 0.712. The van der Waals surface area contributed by atoms with Gasteiger partial charge in [0, 0.05) is 32.8 Å². The molecule has 0 spiro atoms. The van der Waals surface area contributed by atoms with Gasteiger partial charge in [0.2, 0.25) is 0 Å². The molecule has 0 bridgehead atoms. The molecule has 2 amide bonds. The molecule has 9 heteroatoms. The van der Waals surface area contributed by atoms with Crippen LogP contribution in [0.5, 0.6) is 0 Å². The Labute approximate surface area is 156 Å². The SMILES string of the molecule is CN(Cc1cnc2ccccn12)C(=O)NCCc1noc([C@H]2CCCO2)n1. The fourth-order valence-electron chi connectivity index (χ4n) is 3.11. The Balaban J connectivity index is 1.26. The van der Waals surface area contributed by atoms with Crippen molar-refractivity contribution in [2.24, 2.45) is 0 Å². The van der Waals surface area contributed by atoms with Crippen LogP contribution in [0.4, 0.5) is 4.79 Å². The Hall–Kier alpha value is -2.94. The molecule has 0 aliphatic carbocycles. The Morgan fingerprint density at radius 2 is 2.37 bits per heavy atom. The Morgan fingerprint density at radius 1 is 1.44 bits per heavy atom. The van der Waals surface area contributed by atoms with E-state index in [-0.39, 0.29) is 12.1 Å². The number of hydrogen-bond donors (Lipinski definition) is 1. The van der Waals surface area contributed by atoms with Crippen molar-refractivity contribution in [2.75, 3.05) is 20.2 Å². The van der Waals surface area contributed by atoms with Crippen molar-refractivity contribution >= 4 is 11.7 Å². The molecule has 0 aromatic carbocycles. The lowest BCUT2D eigenvalue weighted by Gasteiger charge is -2.17. The molecule has 0 unspecified atom stereocenters. The second-order valence-electron chi connectivity index (χ2n) is 6.57. The van der Waals surface area contributed by atoms with E-state index in [1.807, 2.05) is 28.8 Å². The summed E-state index contributed by atoms with van der Waals surface area (Å²) in [6, 6.07) is 5.64. The van der Waals surface area contributed by atoms with Gasteiger partial charge >= 0.3 is 6.03 Å². The first-order chi connectivity index (χ1) is 13.2. The summed E-state index contributed by atoms with van der Waals surface area (Å²) in [6.07, 6.45) is 6.06. The van der Waals surface area contributed by atoms with Crippen molar-refractivity contribution in [2.45, 2.75) is 31.9 Å². The third kappa shape index (κ3) is 3.92. The normalized spacial score (nSPS) is 16.7. The number of imidazole rings is 1. The summed E-state index contributed by atoms with van der Waals surface area (Å²) in [7, 11) is 1.75. The van der Waals surface area contributed by atoms with Gasteiger partial charge in [-0.25, -0.2) is 9.78 Å². The molecule has 0 saturated carbocycles. The second kappa shape index (κ2) is 7.75. The Morgan fingerprint density at radius 3 is 3.22 bits per heavy atom. The number of carbonyl (C=O) groups excluding carboxylic acids is 1. The minimum absolute atomic E-state index is 0.0857. The number of urea groups is 1. The zero-order valence-electron chi connectivity index (χ0n) is 15.2. The van der Waals surface area contributed by atoms with Gasteiger partial charge in [0.25, 0.3) is 5.89 Å². The highest BCUT2D eigenvalue weighted by Gasteiger charge is 2.23. The van der Waals surface area contributed by atoms with Crippen LogP contribution in [0.3, 0.4) is 0 Å². The maximum atomic E-state index is 12.3. The molecule has 4 heterocycles. The maximum Gasteiger partial charge on any atom is 0.317 e. The molecule has 1 saturated heterocycles. The van der Waals surface area contributed by atoms with Gasteiger partial charge in [-0.3, -0.25) is 0 Å². The predicted molar refractivity (Wildman–Crippen MR) is 96.0 cm³/mol. The minimum atomic E-state index is -0.163. The van der Waals surface area contributed by atoms with Gasteiger partial charge in [-0.15, -0.1) is 0 Å². The van der Waals surface area contributed by atoms with E-state index in [4.69, 9.17) is 9.26 Å². The lowest BCUT2D eigenvalue weighted by molar-refractivity contribution is 0.0835. The number of amides is 2. The van der Waals surface area contributed by atoms with Crippen molar-refractivity contribution < 1.29 is 14.1 Å². The van der Waals surface area contributed by atoms with Crippen LogP contribution >= 0.6 is 0 Å². The van der Waals surface area contributed by atoms with Gasteiger partial charge in [-0.1, -0.05) is 11.2 Å². The van der Waals surface area contributed by atoms with Gasteiger partial charge in [0.1, 0.15) is 11.8 Å². The van der Waals surface area contributed by atoms with Crippen molar-refractivity contribution in [1.29, 1.82) is 0 Å². The first-order valence-corrected chi connectivity index (χ1v) is 9.05. The van der Waals surface area contributed by atoms with Gasteiger partial charge in [-0.05, 0) is 25.0 Å². The molecule has 1 aliphatic heterocycles. The highest BCUT2D eigenvalue weighted by atomic mass is 16.5. The van der Waals surface area contributed by atoms with Crippen LogP contribution in [0.2, 0.25) is 0 Å². The zero-order chi connectivity index (χ0) is 18.6. The highest BCUT2D eigenvalue weighted by Crippen LogP contribution is 2.26. The van der Waals surface area contributed by atoms with E-state index >= 15 is 0 Å². The van der Waals surface area contributed by atoms with E-state index in [9.17, 15) is 4.79 Å². The van der Waals surface area contributed by atoms with Gasteiger partial charge in [0.15, 0.2) is 5.82 Å². The Bertz CT molecular complexity index is 915. The molecule has 1 fully saturated rings. The Kier molecular flexibility index (Phi) is 5.01. The molecule has 1 N–H and O–H groups in total. The average Bonchev–Trinajstić information content (AvgIpc) is 3.42. The summed E-state index contributed by atoms with van der Waals surface area (Å²) in [6.45, 7) is 1.63. The summed E-state index contributed by atoms with van der Waals surface area (Å²) in [5.74, 6) is 1.10. The van der Waals surface area contributed by atoms with Crippen molar-refractivity contribution in [3.8, 4) is 0 Å². The smallest absolute Gasteiger partial charge is 0.317 e. The van der Waals surface area contributed by atoms with Crippen molar-refractivity contribution in [3.05, 3.63) is 48.0 Å². The molecule has 0 radical (unpaired) electrons. The molecule has 1 aliphatic rings. The number of pyridine rings is 1. The molecule has 27 heavy (non-hydrogen) atoms. The van der Waals surface area contributed by atoms with Gasteiger partial charge in [0.05, 0.1) is 18.4 Å². The van der Waals surface area contributed by atoms with E-state index in [0.29, 0.717) is 31.2 Å². The van der Waals surface area contributed by atoms with Gasteiger partial charge < -0.3 is 23.9 Å². The van der Waals surface area contributed by atoms with Crippen LogP contribution in [0, 0.1) is 0 Å². The number of rotatable bonds is 6. The zero-order valence-corrected chi connectivity index (χ0v) is 15.2. The van der Waals surface area contributed by atoms with Crippen molar-refractivity contribution in [3.63, 3.8) is 0 Å². The van der Waals surface area contributed by atoms with Crippen LogP contribution in [0.1, 0.15) is 36.4 Å². The molecule has 1 atom stereocenters. The summed E-state index contributed by atoms with van der Waals surface area (Å²) in [5.41, 5.74) is 1.81. The molecule has 3 aromatic rings. The third-order valence-electron chi connectivity index (χ3n) is 4.55. The standard InChI is InChI=1S/C18H22N6O3/c1-23(12-13-11-20-16-6-2-3-9-24(13)16)18(25)19-8-7-15-21-17(27-22-15)14-5-4-10-26-14/h2-3,6,9,11,14H,4-5,7-8,10,12H2,1H3,(H,19,25)/t14-/m1/s1. The van der Waals surface area contributed by atoms with E-state index in [2.05, 4.69) is 20.4 Å². The molecular formula is C18H22N6O3. The molecule has 9 nitrogen and oxygen atoms in total. The monoisotopic (exact) mass is 370 g/mol. The average molecular weight is 370 g/mol. The number of nitrogens with zero attached hydrogens (tertiary/aromatic N) is 5. The van der Waals surface area contributed by atoms with Crippen LogP contribution in [0.15, 0.2) is 35.1 Å². The fraction of sp³-hybridized carbons (Fsp3) is 0.444. The first kappa shape index (κ1) is 17.5. The number of hydrogen-bond acceptors (Lipinski definition) is 6. The number of nitrogens with one attached hydrogen (secondary N) is 1. The van der Waals surface area contributed by atoms with Crippen LogP contribution in [-0.4, -0.2) is 50.7 Å². The number of fused-ring (bicyclic) bond motifs is 1. The molecule has 142 valence electrons. The van der Waals surface area contributed by atoms with E-state index in [0.717, 1.165) is 30.8 Å². The summed E-state index contributed by atoms with van der Waals surface area (Å²) < 4.78 is 12.7. The van der Waals surface area contributed by atoms with Crippen LogP contribution in [0.25, 0.3) is 5.65 Å². The fourth-order valence-corrected chi connectivity index (χ4v) is 3.11. The topological polar surface area (TPSA) is 97.8 Å². The van der Waals surface area contributed by atoms with Crippen LogP contribution < -0.4 is 5.32 Å². The van der Waals surface area contributed by atoms with E-state index in [1.165, 1.54) is 0 Å². The summed E-state index contributed by atoms with van der Waals surface area (Å²) >= 11 is 0. The third-order valence-corrected chi connectivity index (χ3v) is 4.55. The predicted octanol–water partition coefficient (Wildman–Crippen LogP) is 1.95. The van der Waals surface area contributed by atoms with E-state index < -0.39 is 0 Å². The largest absolute Gasteiger partial charge is 0.368 e. The number of carbonyl (C=O) groups is 1. The van der Waals surface area contributed by atoms with Crippen molar-refractivity contribution in [1.82, 2.24) is 29.7 Å². The van der Waals surface area contributed by atoms with Crippen LogP contribution in [-0.2, 0) is 17.7 Å². The first-order valence-electron chi connectivity index (χ1n) is 9.05.